The van der Waals surface area contributed by atoms with Crippen molar-refractivity contribution in [2.75, 3.05) is 38.1 Å². The first-order valence-corrected chi connectivity index (χ1v) is 8.27. The lowest BCUT2D eigenvalue weighted by atomic mass is 10.2. The van der Waals surface area contributed by atoms with Crippen LogP contribution in [0.15, 0.2) is 0 Å². The lowest BCUT2D eigenvalue weighted by Crippen LogP contribution is -2.33. The number of aromatic nitrogens is 3. The van der Waals surface area contributed by atoms with E-state index in [-0.39, 0.29) is 0 Å². The van der Waals surface area contributed by atoms with Gasteiger partial charge >= 0.3 is 0 Å². The molecule has 3 rings (SSSR count). The lowest BCUT2D eigenvalue weighted by Gasteiger charge is -2.24. The van der Waals surface area contributed by atoms with Crippen LogP contribution in [0.3, 0.4) is 0 Å². The number of hydrogen-bond acceptors (Lipinski definition) is 4. The molecule has 0 aromatic carbocycles. The molecule has 1 aromatic heterocycles. The van der Waals surface area contributed by atoms with E-state index in [2.05, 4.69) is 31.6 Å². The van der Waals surface area contributed by atoms with Crippen LogP contribution >= 0.6 is 12.2 Å². The Bertz CT molecular complexity index is 482. The van der Waals surface area contributed by atoms with Crippen molar-refractivity contribution < 1.29 is 0 Å². The summed E-state index contributed by atoms with van der Waals surface area (Å²) >= 11 is 5.43. The summed E-state index contributed by atoms with van der Waals surface area (Å²) in [6.07, 6.45) is 7.81. The molecule has 0 radical (unpaired) electrons. The Kier molecular flexibility index (Phi) is 4.41. The fourth-order valence-corrected chi connectivity index (χ4v) is 3.73. The minimum Gasteiger partial charge on any atom is -0.343 e. The van der Waals surface area contributed by atoms with Gasteiger partial charge in [-0.1, -0.05) is 12.8 Å². The number of likely N-dealkylation sites (N-methyl/N-ethyl adjacent to an activating group) is 1. The van der Waals surface area contributed by atoms with Crippen LogP contribution in [-0.4, -0.2) is 52.9 Å². The smallest absolute Gasteiger partial charge is 0.225 e. The number of likely N-dealkylation sites (tertiary alicyclic amines) is 1. The maximum atomic E-state index is 5.43. The summed E-state index contributed by atoms with van der Waals surface area (Å²) in [5.41, 5.74) is 0. The van der Waals surface area contributed by atoms with Gasteiger partial charge in [0.25, 0.3) is 0 Å². The monoisotopic (exact) mass is 295 g/mol. The molecule has 1 aromatic rings. The molecule has 1 N–H and O–H groups in total. The molecular weight excluding hydrogens is 270 g/mol. The van der Waals surface area contributed by atoms with E-state index >= 15 is 0 Å². The number of nitrogens with zero attached hydrogens (tertiary/aromatic N) is 4. The molecule has 0 spiro atoms. The number of anilines is 1. The molecule has 0 unspecified atom stereocenters. The summed E-state index contributed by atoms with van der Waals surface area (Å²) in [5, 5.41) is 7.44. The highest BCUT2D eigenvalue weighted by Gasteiger charge is 2.23. The average Bonchev–Trinajstić information content (AvgIpc) is 3.17. The van der Waals surface area contributed by atoms with Crippen LogP contribution in [-0.2, 0) is 0 Å². The second-order valence-corrected chi connectivity index (χ2v) is 6.49. The second kappa shape index (κ2) is 6.26. The Labute approximate surface area is 126 Å². The molecule has 1 aliphatic heterocycles. The molecular formula is C14H25N5S. The molecule has 112 valence electrons. The van der Waals surface area contributed by atoms with Gasteiger partial charge in [-0.15, -0.1) is 5.10 Å². The predicted molar refractivity (Wildman–Crippen MR) is 83.9 cm³/mol. The van der Waals surface area contributed by atoms with Crippen molar-refractivity contribution >= 4 is 18.2 Å². The van der Waals surface area contributed by atoms with Gasteiger partial charge in [0.1, 0.15) is 0 Å². The van der Waals surface area contributed by atoms with E-state index in [1.807, 2.05) is 0 Å². The Balaban J connectivity index is 1.67. The van der Waals surface area contributed by atoms with Crippen LogP contribution in [0.25, 0.3) is 0 Å². The van der Waals surface area contributed by atoms with E-state index < -0.39 is 0 Å². The zero-order chi connectivity index (χ0) is 13.9. The van der Waals surface area contributed by atoms with Crippen LogP contribution < -0.4 is 4.90 Å². The number of hydrogen-bond donors (Lipinski definition) is 1. The van der Waals surface area contributed by atoms with E-state index in [0.717, 1.165) is 23.8 Å². The second-order valence-electron chi connectivity index (χ2n) is 6.11. The Hall–Kier alpha value is -0.880. The van der Waals surface area contributed by atoms with Gasteiger partial charge in [0.2, 0.25) is 5.95 Å². The van der Waals surface area contributed by atoms with E-state index in [9.17, 15) is 0 Å². The summed E-state index contributed by atoms with van der Waals surface area (Å²) in [7, 11) is 2.13. The van der Waals surface area contributed by atoms with Gasteiger partial charge in [0, 0.05) is 26.2 Å². The first kappa shape index (κ1) is 14.1. The summed E-state index contributed by atoms with van der Waals surface area (Å²) in [6.45, 7) is 4.65. The number of aromatic amines is 1. The first-order valence-electron chi connectivity index (χ1n) is 7.86. The minimum atomic E-state index is 0.547. The normalized spacial score (nSPS) is 20.9. The number of H-pyrrole nitrogens is 1. The third-order valence-corrected chi connectivity index (χ3v) is 4.96. The van der Waals surface area contributed by atoms with Crippen molar-refractivity contribution in [1.82, 2.24) is 19.7 Å². The van der Waals surface area contributed by atoms with Crippen molar-refractivity contribution in [3.63, 3.8) is 0 Å². The topological polar surface area (TPSA) is 40.1 Å². The molecule has 2 heterocycles. The van der Waals surface area contributed by atoms with Gasteiger partial charge in [0.15, 0.2) is 4.77 Å². The van der Waals surface area contributed by atoms with Crippen LogP contribution in [0, 0.1) is 4.77 Å². The molecule has 1 saturated heterocycles. The van der Waals surface area contributed by atoms with Gasteiger partial charge in [0.05, 0.1) is 0 Å². The van der Waals surface area contributed by atoms with E-state index in [1.54, 1.807) is 0 Å². The molecule has 0 amide bonds. The van der Waals surface area contributed by atoms with Crippen LogP contribution in [0.2, 0.25) is 0 Å². The molecule has 6 heteroatoms. The van der Waals surface area contributed by atoms with Crippen molar-refractivity contribution in [2.45, 2.75) is 44.6 Å². The predicted octanol–water partition coefficient (Wildman–Crippen LogP) is 2.59. The third kappa shape index (κ3) is 2.91. The fraction of sp³-hybridized carbons (Fsp3) is 0.857. The summed E-state index contributed by atoms with van der Waals surface area (Å²) in [6, 6.07) is 0.547. The molecule has 2 aliphatic rings. The Morgan fingerprint density at radius 3 is 2.65 bits per heavy atom. The minimum absolute atomic E-state index is 0.547. The molecule has 1 aliphatic carbocycles. The Morgan fingerprint density at radius 2 is 1.95 bits per heavy atom. The standard InChI is InChI=1S/C14H25N5S/c1-17(10-11-18-8-4-5-9-18)13-15-16-14(20)19(13)12-6-2-3-7-12/h12H,2-11H2,1H3,(H,16,20). The third-order valence-electron chi connectivity index (χ3n) is 4.67. The summed E-state index contributed by atoms with van der Waals surface area (Å²) < 4.78 is 3.02. The van der Waals surface area contributed by atoms with Gasteiger partial charge in [-0.2, -0.15) is 0 Å². The van der Waals surface area contributed by atoms with Crippen molar-refractivity contribution in [1.29, 1.82) is 0 Å². The summed E-state index contributed by atoms with van der Waals surface area (Å²) in [5.74, 6) is 1.01. The van der Waals surface area contributed by atoms with Gasteiger partial charge < -0.3 is 9.80 Å². The van der Waals surface area contributed by atoms with E-state index in [1.165, 1.54) is 51.6 Å². The zero-order valence-electron chi connectivity index (χ0n) is 12.3. The quantitative estimate of drug-likeness (QED) is 0.848. The lowest BCUT2D eigenvalue weighted by molar-refractivity contribution is 0.345. The van der Waals surface area contributed by atoms with Crippen molar-refractivity contribution in [3.05, 3.63) is 4.77 Å². The maximum absolute atomic E-state index is 5.43. The van der Waals surface area contributed by atoms with Crippen molar-refractivity contribution in [2.24, 2.45) is 0 Å². The molecule has 0 atom stereocenters. The van der Waals surface area contributed by atoms with E-state index in [0.29, 0.717) is 6.04 Å². The highest BCUT2D eigenvalue weighted by atomic mass is 32.1. The fourth-order valence-electron chi connectivity index (χ4n) is 3.45. The van der Waals surface area contributed by atoms with Crippen LogP contribution in [0.5, 0.6) is 0 Å². The molecule has 1 saturated carbocycles. The van der Waals surface area contributed by atoms with Gasteiger partial charge in [-0.3, -0.25) is 4.57 Å². The SMILES string of the molecule is CN(CCN1CCCC1)c1n[nH]c(=S)n1C1CCCC1. The first-order chi connectivity index (χ1) is 9.75. The van der Waals surface area contributed by atoms with Crippen LogP contribution in [0.1, 0.15) is 44.6 Å². The zero-order valence-corrected chi connectivity index (χ0v) is 13.2. The number of rotatable bonds is 5. The summed E-state index contributed by atoms with van der Waals surface area (Å²) in [4.78, 5) is 4.79. The maximum Gasteiger partial charge on any atom is 0.225 e. The molecule has 5 nitrogen and oxygen atoms in total. The number of nitrogens with one attached hydrogen (secondary N) is 1. The Morgan fingerprint density at radius 1 is 1.25 bits per heavy atom. The van der Waals surface area contributed by atoms with Crippen LogP contribution in [0.4, 0.5) is 5.95 Å². The highest BCUT2D eigenvalue weighted by molar-refractivity contribution is 7.71. The highest BCUT2D eigenvalue weighted by Crippen LogP contribution is 2.32. The largest absolute Gasteiger partial charge is 0.343 e. The van der Waals surface area contributed by atoms with Gasteiger partial charge in [-0.05, 0) is 51.0 Å². The van der Waals surface area contributed by atoms with E-state index in [4.69, 9.17) is 12.2 Å². The van der Waals surface area contributed by atoms with Gasteiger partial charge in [-0.25, -0.2) is 5.10 Å². The molecule has 2 fully saturated rings. The average molecular weight is 295 g/mol. The molecule has 0 bridgehead atoms. The molecule has 20 heavy (non-hydrogen) atoms. The van der Waals surface area contributed by atoms with Crippen molar-refractivity contribution in [3.8, 4) is 0 Å².